The first-order valence-corrected chi connectivity index (χ1v) is 7.72. The summed E-state index contributed by atoms with van der Waals surface area (Å²) in [7, 11) is 1.82. The van der Waals surface area contributed by atoms with Gasteiger partial charge in [-0.15, -0.1) is 11.8 Å². The van der Waals surface area contributed by atoms with Crippen molar-refractivity contribution in [1.29, 1.82) is 0 Å². The Bertz CT molecular complexity index is 469. The lowest BCUT2D eigenvalue weighted by Gasteiger charge is -2.38. The standard InChI is InChI=1S/C14H19ClN2OS/c1-17-14(13(16)18)7-3-6-12(9-14)19-11-5-2-4-10(15)8-11/h2,4-5,8,12,17H,3,6-7,9H2,1H3,(H2,16,18). The van der Waals surface area contributed by atoms with Crippen LogP contribution in [0.25, 0.3) is 0 Å². The number of nitrogens with one attached hydrogen (secondary N) is 1. The molecule has 1 saturated carbocycles. The van der Waals surface area contributed by atoms with Gasteiger partial charge in [0.2, 0.25) is 5.91 Å². The Labute approximate surface area is 123 Å². The number of carbonyl (C=O) groups is 1. The van der Waals surface area contributed by atoms with Gasteiger partial charge in [-0.25, -0.2) is 0 Å². The Hall–Kier alpha value is -0.710. The third-order valence-electron chi connectivity index (χ3n) is 3.75. The molecule has 5 heteroatoms. The molecule has 0 aromatic heterocycles. The molecule has 1 fully saturated rings. The SMILES string of the molecule is CNC1(C(N)=O)CCCC(Sc2cccc(Cl)c2)C1. The molecule has 1 aliphatic carbocycles. The predicted molar refractivity (Wildman–Crippen MR) is 80.6 cm³/mol. The van der Waals surface area contributed by atoms with Crippen LogP contribution in [-0.4, -0.2) is 23.7 Å². The monoisotopic (exact) mass is 298 g/mol. The van der Waals surface area contributed by atoms with E-state index in [0.29, 0.717) is 5.25 Å². The van der Waals surface area contributed by atoms with Gasteiger partial charge in [0, 0.05) is 15.2 Å². The summed E-state index contributed by atoms with van der Waals surface area (Å²) in [6, 6.07) is 7.84. The summed E-state index contributed by atoms with van der Waals surface area (Å²) in [4.78, 5) is 12.8. The number of benzene rings is 1. The maximum atomic E-state index is 11.7. The average Bonchev–Trinajstić information content (AvgIpc) is 2.38. The van der Waals surface area contributed by atoms with E-state index >= 15 is 0 Å². The Balaban J connectivity index is 2.07. The van der Waals surface area contributed by atoms with Gasteiger partial charge in [-0.3, -0.25) is 4.79 Å². The molecule has 2 rings (SSSR count). The maximum absolute atomic E-state index is 11.7. The number of hydrogen-bond donors (Lipinski definition) is 2. The second-order valence-corrected chi connectivity index (χ2v) is 6.80. The van der Waals surface area contributed by atoms with Crippen LogP contribution in [0.3, 0.4) is 0 Å². The normalized spacial score (nSPS) is 27.2. The molecule has 19 heavy (non-hydrogen) atoms. The van der Waals surface area contributed by atoms with Crippen LogP contribution in [0, 0.1) is 0 Å². The lowest BCUT2D eigenvalue weighted by Crippen LogP contribution is -2.57. The van der Waals surface area contributed by atoms with E-state index in [1.807, 2.05) is 25.2 Å². The van der Waals surface area contributed by atoms with E-state index in [2.05, 4.69) is 11.4 Å². The third-order valence-corrected chi connectivity index (χ3v) is 5.25. The number of halogens is 1. The number of primary amides is 1. The minimum Gasteiger partial charge on any atom is -0.368 e. The fraction of sp³-hybridized carbons (Fsp3) is 0.500. The molecule has 2 unspecified atom stereocenters. The van der Waals surface area contributed by atoms with Crippen molar-refractivity contribution < 1.29 is 4.79 Å². The quantitative estimate of drug-likeness (QED) is 0.899. The minimum atomic E-state index is -0.547. The molecule has 0 bridgehead atoms. The fourth-order valence-corrected chi connectivity index (χ4v) is 4.28. The lowest BCUT2D eigenvalue weighted by atomic mass is 9.81. The molecule has 1 aliphatic rings. The van der Waals surface area contributed by atoms with Gasteiger partial charge in [0.15, 0.2) is 0 Å². The molecular weight excluding hydrogens is 280 g/mol. The molecule has 1 aromatic carbocycles. The van der Waals surface area contributed by atoms with Crippen molar-refractivity contribution >= 4 is 29.3 Å². The van der Waals surface area contributed by atoms with Crippen molar-refractivity contribution in [2.24, 2.45) is 5.73 Å². The zero-order valence-electron chi connectivity index (χ0n) is 11.0. The van der Waals surface area contributed by atoms with Crippen LogP contribution in [0.1, 0.15) is 25.7 Å². The highest BCUT2D eigenvalue weighted by Gasteiger charge is 2.40. The molecule has 2 atom stereocenters. The number of rotatable bonds is 4. The van der Waals surface area contributed by atoms with Gasteiger partial charge in [-0.1, -0.05) is 17.7 Å². The molecule has 0 spiro atoms. The van der Waals surface area contributed by atoms with Crippen molar-refractivity contribution in [3.05, 3.63) is 29.3 Å². The largest absolute Gasteiger partial charge is 0.368 e. The fourth-order valence-electron chi connectivity index (χ4n) is 2.63. The van der Waals surface area contributed by atoms with Crippen LogP contribution in [0.2, 0.25) is 5.02 Å². The topological polar surface area (TPSA) is 55.1 Å². The van der Waals surface area contributed by atoms with Crippen LogP contribution in [0.15, 0.2) is 29.2 Å². The first-order chi connectivity index (χ1) is 9.05. The maximum Gasteiger partial charge on any atom is 0.237 e. The summed E-state index contributed by atoms with van der Waals surface area (Å²) < 4.78 is 0. The van der Waals surface area contributed by atoms with Crippen LogP contribution in [0.4, 0.5) is 0 Å². The van der Waals surface area contributed by atoms with Gasteiger partial charge in [0.05, 0.1) is 5.54 Å². The molecule has 3 nitrogen and oxygen atoms in total. The van der Waals surface area contributed by atoms with E-state index in [-0.39, 0.29) is 5.91 Å². The highest BCUT2D eigenvalue weighted by Crippen LogP contribution is 2.38. The first kappa shape index (κ1) is 14.7. The van der Waals surface area contributed by atoms with Crippen molar-refractivity contribution in [2.75, 3.05) is 7.05 Å². The number of thioether (sulfide) groups is 1. The van der Waals surface area contributed by atoms with Gasteiger partial charge in [-0.2, -0.15) is 0 Å². The van der Waals surface area contributed by atoms with Gasteiger partial charge < -0.3 is 11.1 Å². The number of amides is 1. The number of hydrogen-bond acceptors (Lipinski definition) is 3. The highest BCUT2D eigenvalue weighted by molar-refractivity contribution is 8.00. The summed E-state index contributed by atoms with van der Waals surface area (Å²) in [5.74, 6) is -0.244. The van der Waals surface area contributed by atoms with Crippen LogP contribution in [0.5, 0.6) is 0 Å². The molecule has 3 N–H and O–H groups in total. The molecule has 1 aromatic rings. The summed E-state index contributed by atoms with van der Waals surface area (Å²) in [6.45, 7) is 0. The van der Waals surface area contributed by atoms with Gasteiger partial charge in [0.25, 0.3) is 0 Å². The van der Waals surface area contributed by atoms with Crippen LogP contribution in [-0.2, 0) is 4.79 Å². The number of nitrogens with two attached hydrogens (primary N) is 1. The van der Waals surface area contributed by atoms with Gasteiger partial charge in [0.1, 0.15) is 0 Å². The predicted octanol–water partition coefficient (Wildman–Crippen LogP) is 2.82. The van der Waals surface area contributed by atoms with Gasteiger partial charge in [-0.05, 0) is 50.9 Å². The Morgan fingerprint density at radius 1 is 1.58 bits per heavy atom. The molecule has 0 heterocycles. The highest BCUT2D eigenvalue weighted by atomic mass is 35.5. The second kappa shape index (κ2) is 6.16. The van der Waals surface area contributed by atoms with Crippen LogP contribution < -0.4 is 11.1 Å². The van der Waals surface area contributed by atoms with E-state index in [9.17, 15) is 4.79 Å². The van der Waals surface area contributed by atoms with E-state index < -0.39 is 5.54 Å². The molecule has 0 radical (unpaired) electrons. The Morgan fingerprint density at radius 3 is 3.00 bits per heavy atom. The van der Waals surface area contributed by atoms with Crippen molar-refractivity contribution in [3.8, 4) is 0 Å². The summed E-state index contributed by atoms with van der Waals surface area (Å²) in [5, 5.41) is 4.27. The number of likely N-dealkylation sites (N-methyl/N-ethyl adjacent to an activating group) is 1. The van der Waals surface area contributed by atoms with Crippen molar-refractivity contribution in [2.45, 2.75) is 41.4 Å². The lowest BCUT2D eigenvalue weighted by molar-refractivity contribution is -0.125. The Kier molecular flexibility index (Phi) is 4.76. The molecule has 104 valence electrons. The molecule has 0 aliphatic heterocycles. The molecule has 0 saturated heterocycles. The van der Waals surface area contributed by atoms with Crippen molar-refractivity contribution in [3.63, 3.8) is 0 Å². The third kappa shape index (κ3) is 3.44. The second-order valence-electron chi connectivity index (χ2n) is 4.99. The summed E-state index contributed by atoms with van der Waals surface area (Å²) in [6.07, 6.45) is 3.72. The van der Waals surface area contributed by atoms with E-state index in [1.54, 1.807) is 11.8 Å². The molecular formula is C14H19ClN2OS. The first-order valence-electron chi connectivity index (χ1n) is 6.47. The van der Waals surface area contributed by atoms with Crippen molar-refractivity contribution in [1.82, 2.24) is 5.32 Å². The van der Waals surface area contributed by atoms with E-state index in [0.717, 1.165) is 35.6 Å². The van der Waals surface area contributed by atoms with Gasteiger partial charge >= 0.3 is 0 Å². The van der Waals surface area contributed by atoms with E-state index in [1.165, 1.54) is 0 Å². The smallest absolute Gasteiger partial charge is 0.237 e. The average molecular weight is 299 g/mol. The summed E-state index contributed by atoms with van der Waals surface area (Å²) in [5.41, 5.74) is 5.01. The zero-order chi connectivity index (χ0) is 13.9. The zero-order valence-corrected chi connectivity index (χ0v) is 12.6. The van der Waals surface area contributed by atoms with E-state index in [4.69, 9.17) is 17.3 Å². The molecule has 1 amide bonds. The van der Waals surface area contributed by atoms with Crippen LogP contribution >= 0.6 is 23.4 Å². The number of carbonyl (C=O) groups excluding carboxylic acids is 1. The summed E-state index contributed by atoms with van der Waals surface area (Å²) >= 11 is 7.78. The minimum absolute atomic E-state index is 0.244. The Morgan fingerprint density at radius 2 is 2.37 bits per heavy atom.